The van der Waals surface area contributed by atoms with E-state index in [4.69, 9.17) is 11.6 Å². The van der Waals surface area contributed by atoms with Gasteiger partial charge in [-0.3, -0.25) is 14.4 Å². The first-order valence-corrected chi connectivity index (χ1v) is 13.7. The van der Waals surface area contributed by atoms with Crippen molar-refractivity contribution in [1.29, 1.82) is 0 Å². The molecule has 0 aliphatic carbocycles. The number of rotatable bonds is 8. The maximum atomic E-state index is 13.3. The number of ketones is 1. The van der Waals surface area contributed by atoms with E-state index in [2.05, 4.69) is 10.4 Å². The molecule has 0 amide bonds. The molecule has 0 radical (unpaired) electrons. The molecule has 4 aromatic heterocycles. The first kappa shape index (κ1) is 27.5. The molecule has 38 heavy (non-hydrogen) atoms. The van der Waals surface area contributed by atoms with Crippen molar-refractivity contribution < 1.29 is 19.5 Å². The van der Waals surface area contributed by atoms with E-state index in [9.17, 15) is 24.3 Å². The fraction of sp³-hybridized carbons (Fsp3) is 0.269. The van der Waals surface area contributed by atoms with Crippen molar-refractivity contribution in [1.82, 2.24) is 14.3 Å². The highest BCUT2D eigenvalue weighted by atomic mass is 35.5. The molecular weight excluding hydrogens is 548 g/mol. The van der Waals surface area contributed by atoms with Crippen LogP contribution in [0.4, 0.5) is 5.82 Å². The van der Waals surface area contributed by atoms with E-state index in [0.29, 0.717) is 22.3 Å². The van der Waals surface area contributed by atoms with Crippen LogP contribution in [-0.4, -0.2) is 37.1 Å². The Morgan fingerprint density at radius 3 is 2.50 bits per heavy atom. The van der Waals surface area contributed by atoms with Crippen LogP contribution in [0, 0.1) is 12.3 Å². The fourth-order valence-electron chi connectivity index (χ4n) is 3.80. The Morgan fingerprint density at radius 2 is 1.92 bits per heavy atom. The van der Waals surface area contributed by atoms with Gasteiger partial charge in [0.15, 0.2) is 5.78 Å². The Morgan fingerprint density at radius 1 is 1.18 bits per heavy atom. The molecule has 0 aliphatic heterocycles. The van der Waals surface area contributed by atoms with Crippen molar-refractivity contribution in [3.63, 3.8) is 0 Å². The van der Waals surface area contributed by atoms with Gasteiger partial charge in [0.25, 0.3) is 11.5 Å². The number of aromatic carboxylic acids is 1. The molecule has 4 rings (SSSR count). The normalized spacial score (nSPS) is 11.5. The van der Waals surface area contributed by atoms with Crippen LogP contribution >= 0.6 is 34.3 Å². The predicted molar refractivity (Wildman–Crippen MR) is 149 cm³/mol. The molecule has 0 saturated heterocycles. The molecule has 4 aromatic rings. The maximum absolute atomic E-state index is 13.3. The SMILES string of the molecule is Cc1c(C(=O)O)c(-c2cc(NCc3ccc(Cl)s3)n(C(=O)C(C)(C)C)n2)cn(CC(=O)c2ccsc2)c1=O. The highest BCUT2D eigenvalue weighted by molar-refractivity contribution is 7.16. The van der Waals surface area contributed by atoms with Gasteiger partial charge in [0.1, 0.15) is 5.82 Å². The van der Waals surface area contributed by atoms with E-state index in [1.165, 1.54) is 45.0 Å². The average molecular weight is 573 g/mol. The van der Waals surface area contributed by atoms with Crippen molar-refractivity contribution in [2.45, 2.75) is 40.8 Å². The molecule has 9 nitrogen and oxygen atoms in total. The summed E-state index contributed by atoms with van der Waals surface area (Å²) in [5.74, 6) is -1.56. The number of Topliss-reactive ketones (excluding diaryl/α,β-unsaturated/α-hetero) is 1. The highest BCUT2D eigenvalue weighted by Crippen LogP contribution is 2.30. The van der Waals surface area contributed by atoms with Crippen molar-refractivity contribution in [2.24, 2.45) is 5.41 Å². The van der Waals surface area contributed by atoms with Crippen molar-refractivity contribution in [3.8, 4) is 11.3 Å². The van der Waals surface area contributed by atoms with Gasteiger partial charge in [0, 0.05) is 44.6 Å². The Hall–Kier alpha value is -3.54. The summed E-state index contributed by atoms with van der Waals surface area (Å²) in [5, 5.41) is 21.1. The number of pyridine rings is 1. The first-order chi connectivity index (χ1) is 17.9. The van der Waals surface area contributed by atoms with Gasteiger partial charge in [-0.2, -0.15) is 21.1 Å². The minimum Gasteiger partial charge on any atom is -0.478 e. The number of aromatic nitrogens is 3. The Bertz CT molecular complexity index is 1590. The van der Waals surface area contributed by atoms with Gasteiger partial charge in [0.2, 0.25) is 0 Å². The number of anilines is 1. The quantitative estimate of drug-likeness (QED) is 0.260. The number of carbonyl (C=O) groups is 3. The number of carbonyl (C=O) groups excluding carboxylic acids is 2. The van der Waals surface area contributed by atoms with Crippen LogP contribution in [0.2, 0.25) is 4.34 Å². The number of halogens is 1. The average Bonchev–Trinajstić information content (AvgIpc) is 3.60. The van der Waals surface area contributed by atoms with E-state index in [1.54, 1.807) is 49.7 Å². The summed E-state index contributed by atoms with van der Waals surface area (Å²) < 4.78 is 3.02. The molecule has 0 aromatic carbocycles. The molecule has 0 unspecified atom stereocenters. The van der Waals surface area contributed by atoms with Gasteiger partial charge < -0.3 is 15.0 Å². The third-order valence-corrected chi connectivity index (χ3v) is 7.69. The third-order valence-electron chi connectivity index (χ3n) is 5.77. The van der Waals surface area contributed by atoms with Gasteiger partial charge in [-0.15, -0.1) is 11.3 Å². The number of carboxylic acid groups (broad SMARTS) is 1. The molecular formula is C26H25ClN4O5S2. The van der Waals surface area contributed by atoms with Crippen LogP contribution in [0.25, 0.3) is 11.3 Å². The van der Waals surface area contributed by atoms with Gasteiger partial charge in [-0.1, -0.05) is 32.4 Å². The molecule has 0 bridgehead atoms. The fourth-order valence-corrected chi connectivity index (χ4v) is 5.48. The summed E-state index contributed by atoms with van der Waals surface area (Å²) in [4.78, 5) is 52.2. The molecule has 0 saturated carbocycles. The highest BCUT2D eigenvalue weighted by Gasteiger charge is 2.29. The number of hydrogen-bond acceptors (Lipinski definition) is 8. The third kappa shape index (κ3) is 5.64. The standard InChI is InChI=1S/C26H25ClN4O5S2/c1-14-22(24(34)35)17(11-30(23(14)33)12-19(32)15-7-8-37-13-15)18-9-21(28-10-16-5-6-20(27)38-16)31(29-18)25(36)26(2,3)4/h5-9,11,13,28H,10,12H2,1-4H3,(H,34,35). The zero-order valence-corrected chi connectivity index (χ0v) is 23.5. The van der Waals surface area contributed by atoms with E-state index in [-0.39, 0.29) is 40.6 Å². The lowest BCUT2D eigenvalue weighted by Gasteiger charge is -2.18. The van der Waals surface area contributed by atoms with Crippen LogP contribution in [0.1, 0.15) is 56.7 Å². The van der Waals surface area contributed by atoms with Crippen LogP contribution in [0.3, 0.4) is 0 Å². The number of carboxylic acids is 1. The number of nitrogens with zero attached hydrogens (tertiary/aromatic N) is 3. The largest absolute Gasteiger partial charge is 0.478 e. The molecule has 198 valence electrons. The maximum Gasteiger partial charge on any atom is 0.336 e. The van der Waals surface area contributed by atoms with Gasteiger partial charge >= 0.3 is 5.97 Å². The van der Waals surface area contributed by atoms with Gasteiger partial charge in [-0.05, 0) is 30.5 Å². The lowest BCUT2D eigenvalue weighted by Crippen LogP contribution is -2.29. The van der Waals surface area contributed by atoms with Crippen LogP contribution in [-0.2, 0) is 13.1 Å². The summed E-state index contributed by atoms with van der Waals surface area (Å²) in [7, 11) is 0. The second-order valence-corrected chi connectivity index (χ2v) is 12.2. The van der Waals surface area contributed by atoms with Crippen LogP contribution in [0.5, 0.6) is 0 Å². The van der Waals surface area contributed by atoms with Gasteiger partial charge in [0.05, 0.1) is 28.7 Å². The number of nitrogens with one attached hydrogen (secondary N) is 1. The van der Waals surface area contributed by atoms with E-state index < -0.39 is 16.9 Å². The Balaban J connectivity index is 1.83. The summed E-state index contributed by atoms with van der Waals surface area (Å²) in [6.07, 6.45) is 1.32. The van der Waals surface area contributed by atoms with Crippen LogP contribution in [0.15, 0.2) is 46.0 Å². The van der Waals surface area contributed by atoms with Crippen molar-refractivity contribution in [3.05, 3.63) is 77.5 Å². The molecule has 0 aliphatic rings. The summed E-state index contributed by atoms with van der Waals surface area (Å²) in [6, 6.07) is 6.86. The predicted octanol–water partition coefficient (Wildman–Crippen LogP) is 5.68. The topological polar surface area (TPSA) is 123 Å². The molecule has 0 atom stereocenters. The van der Waals surface area contributed by atoms with Crippen molar-refractivity contribution >= 4 is 57.8 Å². The van der Waals surface area contributed by atoms with Gasteiger partial charge in [-0.25, -0.2) is 4.79 Å². The molecule has 0 spiro atoms. The Labute approximate surface area is 231 Å². The van der Waals surface area contributed by atoms with E-state index >= 15 is 0 Å². The minimum atomic E-state index is -1.31. The van der Waals surface area contributed by atoms with E-state index in [1.807, 2.05) is 6.07 Å². The summed E-state index contributed by atoms with van der Waals surface area (Å²) in [6.45, 7) is 6.75. The molecule has 0 fully saturated rings. The number of hydrogen-bond donors (Lipinski definition) is 2. The summed E-state index contributed by atoms with van der Waals surface area (Å²) in [5.41, 5.74) is -0.895. The number of thiophene rings is 2. The first-order valence-electron chi connectivity index (χ1n) is 11.5. The molecule has 12 heteroatoms. The monoisotopic (exact) mass is 572 g/mol. The Kier molecular flexibility index (Phi) is 7.73. The van der Waals surface area contributed by atoms with E-state index in [0.717, 1.165) is 4.88 Å². The summed E-state index contributed by atoms with van der Waals surface area (Å²) >= 11 is 8.79. The lowest BCUT2D eigenvalue weighted by atomic mass is 9.96. The van der Waals surface area contributed by atoms with Crippen molar-refractivity contribution in [2.75, 3.05) is 5.32 Å². The second kappa shape index (κ2) is 10.7. The lowest BCUT2D eigenvalue weighted by molar-refractivity contribution is 0.0695. The van der Waals surface area contributed by atoms with Crippen LogP contribution < -0.4 is 10.9 Å². The molecule has 4 heterocycles. The zero-order chi connectivity index (χ0) is 27.8. The minimum absolute atomic E-state index is 0.0347. The molecule has 2 N–H and O–H groups in total. The zero-order valence-electron chi connectivity index (χ0n) is 21.1. The second-order valence-electron chi connectivity index (χ2n) is 9.66. The smallest absolute Gasteiger partial charge is 0.336 e.